The molecule has 118 valence electrons. The number of carboxylic acids is 1. The molecule has 2 aliphatic rings. The number of carbonyl (C=O) groups excluding carboxylic acids is 1. The van der Waals surface area contributed by atoms with Crippen molar-refractivity contribution in [3.8, 4) is 11.5 Å². The molecule has 0 bridgehead atoms. The van der Waals surface area contributed by atoms with Crippen LogP contribution in [-0.2, 0) is 9.59 Å². The number of amides is 1. The van der Waals surface area contributed by atoms with Crippen molar-refractivity contribution in [2.24, 2.45) is 5.92 Å². The number of hydrogen-bond donors (Lipinski definition) is 1. The first-order valence-electron chi connectivity index (χ1n) is 7.32. The fourth-order valence-electron chi connectivity index (χ4n) is 3.19. The van der Waals surface area contributed by atoms with Crippen LogP contribution in [0.3, 0.4) is 0 Å². The summed E-state index contributed by atoms with van der Waals surface area (Å²) in [5, 5.41) is 9.48. The predicted octanol–water partition coefficient (Wildman–Crippen LogP) is 1.84. The lowest BCUT2D eigenvalue weighted by Crippen LogP contribution is -2.32. The normalized spacial score (nSPS) is 24.5. The number of aliphatic carboxylic acids is 1. The molecule has 6 heteroatoms. The lowest BCUT2D eigenvalue weighted by Gasteiger charge is -2.27. The SMILES string of the molecule is COc1ccc([C@H]2[C@@H](C(=O)O)CC(=O)N2C2CC2)cc1OC. The highest BCUT2D eigenvalue weighted by molar-refractivity contribution is 5.88. The van der Waals surface area contributed by atoms with Crippen molar-refractivity contribution >= 4 is 11.9 Å². The topological polar surface area (TPSA) is 76.1 Å². The number of carboxylic acid groups (broad SMARTS) is 1. The quantitative estimate of drug-likeness (QED) is 0.898. The Balaban J connectivity index is 2.01. The molecular weight excluding hydrogens is 286 g/mol. The van der Waals surface area contributed by atoms with Gasteiger partial charge in [0.1, 0.15) is 0 Å². The largest absolute Gasteiger partial charge is 0.493 e. The number of ether oxygens (including phenoxy) is 2. The van der Waals surface area contributed by atoms with Crippen molar-refractivity contribution in [3.63, 3.8) is 0 Å². The van der Waals surface area contributed by atoms with Crippen LogP contribution in [0.5, 0.6) is 11.5 Å². The Morgan fingerprint density at radius 1 is 1.23 bits per heavy atom. The van der Waals surface area contributed by atoms with Crippen LogP contribution in [0.1, 0.15) is 30.9 Å². The number of methoxy groups -OCH3 is 2. The Hall–Kier alpha value is -2.24. The van der Waals surface area contributed by atoms with Gasteiger partial charge < -0.3 is 19.5 Å². The molecule has 1 aromatic carbocycles. The predicted molar refractivity (Wildman–Crippen MR) is 77.9 cm³/mol. The molecule has 1 aliphatic heterocycles. The third-order valence-electron chi connectivity index (χ3n) is 4.37. The first-order valence-corrected chi connectivity index (χ1v) is 7.32. The van der Waals surface area contributed by atoms with Crippen LogP contribution in [0.4, 0.5) is 0 Å². The maximum atomic E-state index is 12.2. The highest BCUT2D eigenvalue weighted by Gasteiger charge is 2.50. The third kappa shape index (κ3) is 2.38. The second kappa shape index (κ2) is 5.51. The Bertz CT molecular complexity index is 611. The minimum absolute atomic E-state index is 0.0604. The van der Waals surface area contributed by atoms with E-state index in [-0.39, 0.29) is 18.4 Å². The molecule has 0 spiro atoms. The van der Waals surface area contributed by atoms with E-state index in [1.165, 1.54) is 7.11 Å². The summed E-state index contributed by atoms with van der Waals surface area (Å²) in [5.41, 5.74) is 0.780. The molecule has 0 aromatic heterocycles. The Morgan fingerprint density at radius 2 is 1.91 bits per heavy atom. The van der Waals surface area contributed by atoms with E-state index in [9.17, 15) is 14.7 Å². The van der Waals surface area contributed by atoms with Gasteiger partial charge in [-0.15, -0.1) is 0 Å². The summed E-state index contributed by atoms with van der Waals surface area (Å²) in [7, 11) is 3.09. The molecule has 0 radical (unpaired) electrons. The standard InChI is InChI=1S/C16H19NO5/c1-21-12-6-3-9(7-13(12)22-2)15-11(16(19)20)8-14(18)17(15)10-4-5-10/h3,6-7,10-11,15H,4-5,8H2,1-2H3,(H,19,20)/t11-,15-/m0/s1. The summed E-state index contributed by atoms with van der Waals surface area (Å²) in [6, 6.07) is 5.08. The Kier molecular flexibility index (Phi) is 3.68. The fourth-order valence-corrected chi connectivity index (χ4v) is 3.19. The van der Waals surface area contributed by atoms with Crippen LogP contribution in [0.25, 0.3) is 0 Å². The van der Waals surface area contributed by atoms with E-state index in [4.69, 9.17) is 9.47 Å². The second-order valence-corrected chi connectivity index (χ2v) is 5.74. The van der Waals surface area contributed by atoms with Gasteiger partial charge in [-0.05, 0) is 30.5 Å². The zero-order valence-electron chi connectivity index (χ0n) is 12.6. The number of carbonyl (C=O) groups is 2. The summed E-state index contributed by atoms with van der Waals surface area (Å²) in [6.07, 6.45) is 1.95. The highest BCUT2D eigenvalue weighted by Crippen LogP contribution is 2.46. The molecule has 1 N–H and O–H groups in total. The van der Waals surface area contributed by atoms with E-state index in [1.807, 2.05) is 6.07 Å². The average molecular weight is 305 g/mol. The van der Waals surface area contributed by atoms with Gasteiger partial charge in [0.25, 0.3) is 0 Å². The molecule has 2 atom stereocenters. The van der Waals surface area contributed by atoms with Crippen LogP contribution in [0.15, 0.2) is 18.2 Å². The van der Waals surface area contributed by atoms with Crippen molar-refractivity contribution < 1.29 is 24.2 Å². The van der Waals surface area contributed by atoms with Crippen molar-refractivity contribution in [2.45, 2.75) is 31.3 Å². The molecule has 2 fully saturated rings. The number of nitrogens with zero attached hydrogens (tertiary/aromatic N) is 1. The molecular formula is C16H19NO5. The molecule has 1 heterocycles. The number of benzene rings is 1. The highest BCUT2D eigenvalue weighted by atomic mass is 16.5. The molecule has 1 aromatic rings. The number of likely N-dealkylation sites (tertiary alicyclic amines) is 1. The van der Waals surface area contributed by atoms with Gasteiger partial charge in [0.05, 0.1) is 26.2 Å². The average Bonchev–Trinajstić information content (AvgIpc) is 3.28. The lowest BCUT2D eigenvalue weighted by molar-refractivity contribution is -0.142. The number of rotatable bonds is 5. The van der Waals surface area contributed by atoms with E-state index in [2.05, 4.69) is 0 Å². The number of hydrogen-bond acceptors (Lipinski definition) is 4. The van der Waals surface area contributed by atoms with Crippen molar-refractivity contribution in [3.05, 3.63) is 23.8 Å². The maximum absolute atomic E-state index is 12.2. The zero-order valence-corrected chi connectivity index (χ0v) is 12.6. The lowest BCUT2D eigenvalue weighted by atomic mass is 9.93. The second-order valence-electron chi connectivity index (χ2n) is 5.74. The smallest absolute Gasteiger partial charge is 0.309 e. The van der Waals surface area contributed by atoms with Gasteiger partial charge in [0.15, 0.2) is 11.5 Å². The van der Waals surface area contributed by atoms with Gasteiger partial charge >= 0.3 is 5.97 Å². The van der Waals surface area contributed by atoms with Gasteiger partial charge in [-0.25, -0.2) is 0 Å². The maximum Gasteiger partial charge on any atom is 0.309 e. The first-order chi connectivity index (χ1) is 10.6. The summed E-state index contributed by atoms with van der Waals surface area (Å²) in [5.74, 6) is -0.600. The van der Waals surface area contributed by atoms with Gasteiger partial charge in [-0.1, -0.05) is 6.07 Å². The van der Waals surface area contributed by atoms with Gasteiger partial charge in [-0.2, -0.15) is 0 Å². The van der Waals surface area contributed by atoms with Crippen molar-refractivity contribution in [1.82, 2.24) is 4.90 Å². The van der Waals surface area contributed by atoms with E-state index in [0.717, 1.165) is 18.4 Å². The van der Waals surface area contributed by atoms with Crippen molar-refractivity contribution in [1.29, 1.82) is 0 Å². The summed E-state index contributed by atoms with van der Waals surface area (Å²) < 4.78 is 10.5. The molecule has 6 nitrogen and oxygen atoms in total. The van der Waals surface area contributed by atoms with Gasteiger partial charge in [0, 0.05) is 12.5 Å². The van der Waals surface area contributed by atoms with Gasteiger partial charge in [0.2, 0.25) is 5.91 Å². The summed E-state index contributed by atoms with van der Waals surface area (Å²) >= 11 is 0. The minimum atomic E-state index is -0.934. The molecule has 0 unspecified atom stereocenters. The summed E-state index contributed by atoms with van der Waals surface area (Å²) in [4.78, 5) is 25.6. The Morgan fingerprint density at radius 3 is 2.45 bits per heavy atom. The zero-order chi connectivity index (χ0) is 15.9. The van der Waals surface area contributed by atoms with Crippen LogP contribution in [-0.4, -0.2) is 42.1 Å². The van der Waals surface area contributed by atoms with E-state index >= 15 is 0 Å². The van der Waals surface area contributed by atoms with Crippen LogP contribution in [0.2, 0.25) is 0 Å². The van der Waals surface area contributed by atoms with E-state index in [1.54, 1.807) is 24.1 Å². The van der Waals surface area contributed by atoms with Crippen molar-refractivity contribution in [2.75, 3.05) is 14.2 Å². The Labute approximate surface area is 128 Å². The van der Waals surface area contributed by atoms with Crippen LogP contribution in [0, 0.1) is 5.92 Å². The van der Waals surface area contributed by atoms with Crippen LogP contribution < -0.4 is 9.47 Å². The van der Waals surface area contributed by atoms with E-state index < -0.39 is 17.9 Å². The molecule has 1 saturated carbocycles. The van der Waals surface area contributed by atoms with Gasteiger partial charge in [-0.3, -0.25) is 9.59 Å². The van der Waals surface area contributed by atoms with Crippen LogP contribution >= 0.6 is 0 Å². The van der Waals surface area contributed by atoms with E-state index in [0.29, 0.717) is 11.5 Å². The molecule has 22 heavy (non-hydrogen) atoms. The fraction of sp³-hybridized carbons (Fsp3) is 0.500. The molecule has 1 aliphatic carbocycles. The molecule has 3 rings (SSSR count). The summed E-state index contributed by atoms with van der Waals surface area (Å²) in [6.45, 7) is 0. The first kappa shape index (κ1) is 14.7. The monoisotopic (exact) mass is 305 g/mol. The minimum Gasteiger partial charge on any atom is -0.493 e. The molecule has 1 amide bonds. The third-order valence-corrected chi connectivity index (χ3v) is 4.37. The molecule has 1 saturated heterocycles.